The molecule has 144 valence electrons. The molecule has 28 heavy (non-hydrogen) atoms. The molecule has 5 heteroatoms. The lowest BCUT2D eigenvalue weighted by molar-refractivity contribution is -0.0155. The van der Waals surface area contributed by atoms with Crippen molar-refractivity contribution in [3.8, 4) is 0 Å². The Kier molecular flexibility index (Phi) is 6.74. The highest BCUT2D eigenvalue weighted by Gasteiger charge is 2.30. The van der Waals surface area contributed by atoms with E-state index in [1.807, 2.05) is 37.3 Å². The van der Waals surface area contributed by atoms with Gasteiger partial charge >= 0.3 is 5.97 Å². The molecule has 3 rings (SSSR count). The van der Waals surface area contributed by atoms with Crippen molar-refractivity contribution in [2.24, 2.45) is 5.92 Å². The fourth-order valence-corrected chi connectivity index (χ4v) is 3.27. The van der Waals surface area contributed by atoms with Crippen LogP contribution in [0.25, 0.3) is 0 Å². The summed E-state index contributed by atoms with van der Waals surface area (Å²) in [6.45, 7) is 1.85. The third kappa shape index (κ3) is 4.93. The predicted molar refractivity (Wildman–Crippen MR) is 112 cm³/mol. The van der Waals surface area contributed by atoms with Gasteiger partial charge in [0.2, 0.25) is 0 Å². The predicted octanol–water partition coefficient (Wildman–Crippen LogP) is 6.26. The maximum atomic E-state index is 12.7. The van der Waals surface area contributed by atoms with E-state index in [0.29, 0.717) is 21.2 Å². The molecular weight excluding hydrogens is 395 g/mol. The molecule has 3 atom stereocenters. The van der Waals surface area contributed by atoms with E-state index in [0.717, 1.165) is 5.56 Å². The summed E-state index contributed by atoms with van der Waals surface area (Å²) in [5, 5.41) is 12.0. The average Bonchev–Trinajstić information content (AvgIpc) is 2.72. The molecule has 0 aromatic heterocycles. The molecule has 0 saturated carbocycles. The minimum Gasteiger partial charge on any atom is -0.453 e. The van der Waals surface area contributed by atoms with E-state index in [9.17, 15) is 9.90 Å². The maximum absolute atomic E-state index is 12.7. The van der Waals surface area contributed by atoms with Crippen molar-refractivity contribution in [1.82, 2.24) is 0 Å². The lowest BCUT2D eigenvalue weighted by Crippen LogP contribution is -2.23. The second-order valence-corrected chi connectivity index (χ2v) is 7.47. The summed E-state index contributed by atoms with van der Waals surface area (Å²) in [7, 11) is 0. The van der Waals surface area contributed by atoms with Gasteiger partial charge in [-0.15, -0.1) is 0 Å². The molecular formula is C23H20Cl2O3. The molecule has 0 aliphatic rings. The van der Waals surface area contributed by atoms with Crippen molar-refractivity contribution in [3.05, 3.63) is 106 Å². The minimum atomic E-state index is -0.833. The van der Waals surface area contributed by atoms with E-state index in [2.05, 4.69) is 0 Å². The highest BCUT2D eigenvalue weighted by molar-refractivity contribution is 6.30. The van der Waals surface area contributed by atoms with Crippen LogP contribution in [0.3, 0.4) is 0 Å². The van der Waals surface area contributed by atoms with Crippen LogP contribution in [0.15, 0.2) is 78.9 Å². The normalized spacial score (nSPS) is 14.1. The summed E-state index contributed by atoms with van der Waals surface area (Å²) >= 11 is 11.8. The van der Waals surface area contributed by atoms with Gasteiger partial charge in [0.15, 0.2) is 0 Å². The lowest BCUT2D eigenvalue weighted by Gasteiger charge is -2.28. The van der Waals surface area contributed by atoms with Crippen molar-refractivity contribution in [3.63, 3.8) is 0 Å². The first kappa shape index (κ1) is 20.4. The maximum Gasteiger partial charge on any atom is 0.338 e. The molecule has 0 aliphatic carbocycles. The molecule has 0 radical (unpaired) electrons. The molecule has 1 N–H and O–H groups in total. The van der Waals surface area contributed by atoms with E-state index < -0.39 is 18.2 Å². The van der Waals surface area contributed by atoms with Crippen LogP contribution in [0, 0.1) is 5.92 Å². The number of halogens is 2. The van der Waals surface area contributed by atoms with Crippen LogP contribution in [0.5, 0.6) is 0 Å². The first-order valence-electron chi connectivity index (χ1n) is 8.90. The number of aliphatic hydroxyl groups is 1. The zero-order valence-corrected chi connectivity index (χ0v) is 16.8. The molecule has 3 aromatic carbocycles. The Labute approximate surface area is 174 Å². The van der Waals surface area contributed by atoms with E-state index in [1.165, 1.54) is 0 Å². The van der Waals surface area contributed by atoms with Gasteiger partial charge in [-0.3, -0.25) is 0 Å². The zero-order chi connectivity index (χ0) is 20.1. The number of hydrogen-bond donors (Lipinski definition) is 1. The third-order valence-corrected chi connectivity index (χ3v) is 5.13. The molecule has 0 saturated heterocycles. The zero-order valence-electron chi connectivity index (χ0n) is 15.3. The van der Waals surface area contributed by atoms with Gasteiger partial charge in [-0.1, -0.05) is 72.6 Å². The van der Waals surface area contributed by atoms with Crippen molar-refractivity contribution in [1.29, 1.82) is 0 Å². The molecule has 0 spiro atoms. The summed E-state index contributed by atoms with van der Waals surface area (Å²) < 4.78 is 5.82. The number of esters is 1. The van der Waals surface area contributed by atoms with Gasteiger partial charge < -0.3 is 9.84 Å². The highest BCUT2D eigenvalue weighted by atomic mass is 35.5. The first-order valence-corrected chi connectivity index (χ1v) is 9.66. The molecule has 0 heterocycles. The van der Waals surface area contributed by atoms with E-state index in [-0.39, 0.29) is 5.92 Å². The number of aliphatic hydroxyl groups excluding tert-OH is 1. The van der Waals surface area contributed by atoms with Gasteiger partial charge in [0, 0.05) is 16.0 Å². The summed E-state index contributed by atoms with van der Waals surface area (Å²) in [5.74, 6) is -0.861. The van der Waals surface area contributed by atoms with Gasteiger partial charge in [0.25, 0.3) is 0 Å². The van der Waals surface area contributed by atoms with Crippen molar-refractivity contribution < 1.29 is 14.6 Å². The monoisotopic (exact) mass is 414 g/mol. The van der Waals surface area contributed by atoms with Crippen LogP contribution in [0.2, 0.25) is 10.0 Å². The molecule has 3 nitrogen and oxygen atoms in total. The van der Waals surface area contributed by atoms with Crippen LogP contribution in [-0.2, 0) is 4.74 Å². The van der Waals surface area contributed by atoms with Crippen LogP contribution < -0.4 is 0 Å². The SMILES string of the molecule is C[C@@H]([C@H](O)c1ccc(Cl)cc1)[C@H](OC(=O)c1ccc(Cl)cc1)c1ccccc1. The Morgan fingerprint density at radius 3 is 1.93 bits per heavy atom. The standard InChI is InChI=1S/C23H20Cl2O3/c1-15(21(26)16-7-11-19(24)12-8-16)22(17-5-3-2-4-6-17)28-23(27)18-9-13-20(25)14-10-18/h2-15,21-22,26H,1H3/t15-,21-,22-/m0/s1. The largest absolute Gasteiger partial charge is 0.453 e. The van der Waals surface area contributed by atoms with E-state index >= 15 is 0 Å². The van der Waals surface area contributed by atoms with Gasteiger partial charge in [0.1, 0.15) is 6.10 Å². The molecule has 3 aromatic rings. The van der Waals surface area contributed by atoms with Crippen LogP contribution in [-0.4, -0.2) is 11.1 Å². The van der Waals surface area contributed by atoms with Gasteiger partial charge in [-0.2, -0.15) is 0 Å². The Balaban J connectivity index is 1.87. The molecule has 0 bridgehead atoms. The smallest absolute Gasteiger partial charge is 0.338 e. The average molecular weight is 415 g/mol. The summed E-state index contributed by atoms with van der Waals surface area (Å²) in [6.07, 6.45) is -1.46. The van der Waals surface area contributed by atoms with Crippen molar-refractivity contribution in [2.75, 3.05) is 0 Å². The van der Waals surface area contributed by atoms with E-state index in [4.69, 9.17) is 27.9 Å². The van der Waals surface area contributed by atoms with Crippen LogP contribution >= 0.6 is 23.2 Å². The quantitative estimate of drug-likeness (QED) is 0.484. The fourth-order valence-electron chi connectivity index (χ4n) is 3.02. The number of rotatable bonds is 6. The Hall–Kier alpha value is -2.33. The van der Waals surface area contributed by atoms with Crippen molar-refractivity contribution in [2.45, 2.75) is 19.1 Å². The first-order chi connectivity index (χ1) is 13.5. The van der Waals surface area contributed by atoms with Gasteiger partial charge in [-0.05, 0) is 47.5 Å². The molecule has 0 unspecified atom stereocenters. The number of carbonyl (C=O) groups excluding carboxylic acids is 1. The Bertz CT molecular complexity index is 909. The second kappa shape index (κ2) is 9.24. The van der Waals surface area contributed by atoms with Gasteiger partial charge in [-0.25, -0.2) is 4.79 Å². The van der Waals surface area contributed by atoms with Crippen LogP contribution in [0.1, 0.15) is 40.6 Å². The fraction of sp³-hybridized carbons (Fsp3) is 0.174. The van der Waals surface area contributed by atoms with Crippen LogP contribution in [0.4, 0.5) is 0 Å². The van der Waals surface area contributed by atoms with Crippen molar-refractivity contribution >= 4 is 29.2 Å². The summed E-state index contributed by atoms with van der Waals surface area (Å²) in [4.78, 5) is 12.7. The highest BCUT2D eigenvalue weighted by Crippen LogP contribution is 2.36. The molecule has 0 aliphatic heterocycles. The molecule has 0 fully saturated rings. The summed E-state index contributed by atoms with van der Waals surface area (Å²) in [6, 6.07) is 22.9. The third-order valence-electron chi connectivity index (χ3n) is 4.63. The topological polar surface area (TPSA) is 46.5 Å². The number of ether oxygens (including phenoxy) is 1. The van der Waals surface area contributed by atoms with Gasteiger partial charge in [0.05, 0.1) is 11.7 Å². The minimum absolute atomic E-state index is 0.389. The second-order valence-electron chi connectivity index (χ2n) is 6.60. The summed E-state index contributed by atoms with van der Waals surface area (Å²) in [5.41, 5.74) is 1.92. The number of benzene rings is 3. The number of carbonyl (C=O) groups is 1. The Morgan fingerprint density at radius 1 is 0.821 bits per heavy atom. The lowest BCUT2D eigenvalue weighted by atomic mass is 9.88. The Morgan fingerprint density at radius 2 is 1.36 bits per heavy atom. The number of hydrogen-bond acceptors (Lipinski definition) is 3. The molecule has 0 amide bonds. The van der Waals surface area contributed by atoms with E-state index in [1.54, 1.807) is 48.5 Å².